The number of nitrogens with one attached hydrogen (secondary N) is 1. The number of rotatable bonds is 5. The van der Waals surface area contributed by atoms with Gasteiger partial charge in [0.25, 0.3) is 5.91 Å². The van der Waals surface area contributed by atoms with Gasteiger partial charge < -0.3 is 10.1 Å². The number of amides is 1. The molecule has 0 aliphatic heterocycles. The van der Waals surface area contributed by atoms with Crippen molar-refractivity contribution in [3.8, 4) is 5.75 Å². The Hall–Kier alpha value is -2.29. The zero-order valence-corrected chi connectivity index (χ0v) is 15.6. The molecule has 140 valence electrons. The van der Waals surface area contributed by atoms with Gasteiger partial charge in [-0.15, -0.1) is 0 Å². The second kappa shape index (κ2) is 7.03. The summed E-state index contributed by atoms with van der Waals surface area (Å²) in [5.41, 5.74) is 1.87. The Morgan fingerprint density at radius 1 is 0.852 bits per heavy atom. The minimum absolute atomic E-state index is 0.0714. The highest BCUT2D eigenvalue weighted by molar-refractivity contribution is 5.94. The van der Waals surface area contributed by atoms with Crippen molar-refractivity contribution in [2.75, 3.05) is 0 Å². The molecule has 0 spiro atoms. The molecule has 4 aliphatic carbocycles. The Balaban J connectivity index is 1.20. The van der Waals surface area contributed by atoms with Crippen LogP contribution in [0.4, 0.5) is 0 Å². The lowest BCUT2D eigenvalue weighted by Crippen LogP contribution is -2.55. The van der Waals surface area contributed by atoms with Gasteiger partial charge in [-0.1, -0.05) is 30.3 Å². The molecule has 6 rings (SSSR count). The van der Waals surface area contributed by atoms with Crippen molar-refractivity contribution >= 4 is 5.91 Å². The number of carbonyl (C=O) groups excluding carboxylic acids is 1. The van der Waals surface area contributed by atoms with Crippen molar-refractivity contribution in [3.63, 3.8) is 0 Å². The summed E-state index contributed by atoms with van der Waals surface area (Å²) < 4.78 is 5.82. The number of hydrogen-bond acceptors (Lipinski definition) is 2. The van der Waals surface area contributed by atoms with Gasteiger partial charge >= 0.3 is 0 Å². The van der Waals surface area contributed by atoms with Crippen molar-refractivity contribution < 1.29 is 9.53 Å². The molecule has 3 nitrogen and oxygen atoms in total. The zero-order valence-electron chi connectivity index (χ0n) is 15.6. The predicted octanol–water partition coefficient (Wildman–Crippen LogP) is 4.82. The quantitative estimate of drug-likeness (QED) is 0.829. The van der Waals surface area contributed by atoms with Crippen molar-refractivity contribution in [2.45, 2.75) is 44.8 Å². The van der Waals surface area contributed by atoms with E-state index in [0.717, 1.165) is 28.7 Å². The highest BCUT2D eigenvalue weighted by atomic mass is 16.5. The van der Waals surface area contributed by atoms with Gasteiger partial charge in [-0.25, -0.2) is 0 Å². The van der Waals surface area contributed by atoms with Gasteiger partial charge in [0.1, 0.15) is 12.4 Å². The van der Waals surface area contributed by atoms with Crippen molar-refractivity contribution in [1.29, 1.82) is 0 Å². The van der Waals surface area contributed by atoms with Crippen LogP contribution in [0.2, 0.25) is 0 Å². The first kappa shape index (κ1) is 16.9. The number of benzene rings is 2. The first-order valence-corrected chi connectivity index (χ1v) is 10.3. The van der Waals surface area contributed by atoms with Crippen LogP contribution in [0.1, 0.15) is 48.0 Å². The van der Waals surface area contributed by atoms with Gasteiger partial charge in [0, 0.05) is 11.6 Å². The van der Waals surface area contributed by atoms with Crippen molar-refractivity contribution in [2.24, 2.45) is 23.7 Å². The van der Waals surface area contributed by atoms with Gasteiger partial charge in [-0.05, 0) is 85.6 Å². The van der Waals surface area contributed by atoms with Crippen LogP contribution >= 0.6 is 0 Å². The summed E-state index contributed by atoms with van der Waals surface area (Å²) in [5.74, 6) is 4.15. The summed E-state index contributed by atoms with van der Waals surface area (Å²) in [6, 6.07) is 18.1. The Morgan fingerprint density at radius 2 is 1.48 bits per heavy atom. The van der Waals surface area contributed by atoms with Gasteiger partial charge in [0.15, 0.2) is 0 Å². The van der Waals surface area contributed by atoms with Gasteiger partial charge in [0.05, 0.1) is 0 Å². The minimum atomic E-state index is 0.0714. The van der Waals surface area contributed by atoms with Crippen LogP contribution in [0.5, 0.6) is 5.75 Å². The third-order valence-electron chi connectivity index (χ3n) is 6.89. The molecule has 2 aromatic carbocycles. The van der Waals surface area contributed by atoms with Gasteiger partial charge in [-0.2, -0.15) is 0 Å². The van der Waals surface area contributed by atoms with Crippen LogP contribution < -0.4 is 10.1 Å². The number of hydrogen-bond donors (Lipinski definition) is 1. The average Bonchev–Trinajstić information content (AvgIpc) is 2.70. The van der Waals surface area contributed by atoms with E-state index in [4.69, 9.17) is 4.74 Å². The highest BCUT2D eigenvalue weighted by Crippen LogP contribution is 2.53. The van der Waals surface area contributed by atoms with E-state index in [9.17, 15) is 4.79 Å². The molecular weight excluding hydrogens is 334 g/mol. The second-order valence-corrected chi connectivity index (χ2v) is 8.73. The fourth-order valence-electron chi connectivity index (χ4n) is 5.84. The molecule has 0 saturated heterocycles. The summed E-state index contributed by atoms with van der Waals surface area (Å²) in [7, 11) is 0. The van der Waals surface area contributed by atoms with Gasteiger partial charge in [-0.3, -0.25) is 4.79 Å². The van der Waals surface area contributed by atoms with E-state index in [1.807, 2.05) is 54.6 Å². The molecule has 0 aromatic heterocycles. The molecule has 27 heavy (non-hydrogen) atoms. The largest absolute Gasteiger partial charge is 0.489 e. The topological polar surface area (TPSA) is 38.3 Å². The monoisotopic (exact) mass is 361 g/mol. The van der Waals surface area contributed by atoms with E-state index in [1.165, 1.54) is 32.1 Å². The maximum Gasteiger partial charge on any atom is 0.251 e. The van der Waals surface area contributed by atoms with Crippen LogP contribution in [-0.4, -0.2) is 11.9 Å². The molecule has 0 unspecified atom stereocenters. The number of ether oxygens (including phenoxy) is 1. The summed E-state index contributed by atoms with van der Waals surface area (Å²) in [6.07, 6.45) is 6.74. The lowest BCUT2D eigenvalue weighted by Gasteiger charge is -2.54. The molecule has 2 aromatic rings. The third-order valence-corrected chi connectivity index (χ3v) is 6.89. The van der Waals surface area contributed by atoms with Crippen LogP contribution in [0, 0.1) is 23.7 Å². The van der Waals surface area contributed by atoms with E-state index in [-0.39, 0.29) is 5.91 Å². The molecule has 3 heteroatoms. The van der Waals surface area contributed by atoms with E-state index in [0.29, 0.717) is 24.5 Å². The zero-order chi connectivity index (χ0) is 18.2. The lowest BCUT2D eigenvalue weighted by atomic mass is 9.54. The summed E-state index contributed by atoms with van der Waals surface area (Å²) in [6.45, 7) is 0.542. The Morgan fingerprint density at radius 3 is 2.11 bits per heavy atom. The molecule has 0 atom stereocenters. The summed E-state index contributed by atoms with van der Waals surface area (Å²) >= 11 is 0. The highest BCUT2D eigenvalue weighted by Gasteiger charge is 2.48. The van der Waals surface area contributed by atoms with E-state index < -0.39 is 0 Å². The van der Waals surface area contributed by atoms with Crippen LogP contribution in [0.3, 0.4) is 0 Å². The van der Waals surface area contributed by atoms with Crippen molar-refractivity contribution in [3.05, 3.63) is 65.7 Å². The van der Waals surface area contributed by atoms with E-state index >= 15 is 0 Å². The fourth-order valence-corrected chi connectivity index (χ4v) is 5.84. The normalized spacial score (nSPS) is 30.9. The Bertz CT molecular complexity index is 771. The lowest BCUT2D eigenvalue weighted by molar-refractivity contribution is -0.0119. The Kier molecular flexibility index (Phi) is 4.39. The van der Waals surface area contributed by atoms with E-state index in [2.05, 4.69) is 5.32 Å². The fraction of sp³-hybridized carbons (Fsp3) is 0.458. The second-order valence-electron chi connectivity index (χ2n) is 8.73. The van der Waals surface area contributed by atoms with Crippen LogP contribution in [-0.2, 0) is 6.61 Å². The average molecular weight is 361 g/mol. The molecule has 0 radical (unpaired) electrons. The van der Waals surface area contributed by atoms with Crippen molar-refractivity contribution in [1.82, 2.24) is 5.32 Å². The smallest absolute Gasteiger partial charge is 0.251 e. The molecule has 1 amide bonds. The standard InChI is InChI=1S/C24H27NO2/c26-24(25-23-20-11-17-10-18(13-20)14-21(23)12-17)19-6-8-22(9-7-19)27-15-16-4-2-1-3-5-16/h1-9,17-18,20-21,23H,10-15H2,(H,25,26). The molecule has 4 aliphatic rings. The SMILES string of the molecule is O=C(NC1C2CC3CC(C2)CC1C3)c1ccc(OCc2ccccc2)cc1. The first-order chi connectivity index (χ1) is 13.2. The summed E-state index contributed by atoms with van der Waals surface area (Å²) in [4.78, 5) is 12.8. The van der Waals surface area contributed by atoms with E-state index in [1.54, 1.807) is 0 Å². The molecule has 0 heterocycles. The third kappa shape index (κ3) is 3.47. The molecular formula is C24H27NO2. The minimum Gasteiger partial charge on any atom is -0.489 e. The summed E-state index contributed by atoms with van der Waals surface area (Å²) in [5, 5.41) is 3.38. The van der Waals surface area contributed by atoms with Gasteiger partial charge in [0.2, 0.25) is 0 Å². The van der Waals surface area contributed by atoms with Crippen LogP contribution in [0.25, 0.3) is 0 Å². The Labute approximate surface area is 161 Å². The maximum atomic E-state index is 12.8. The van der Waals surface area contributed by atoms with Crippen LogP contribution in [0.15, 0.2) is 54.6 Å². The maximum absolute atomic E-state index is 12.8. The first-order valence-electron chi connectivity index (χ1n) is 10.3. The molecule has 4 saturated carbocycles. The predicted molar refractivity (Wildman–Crippen MR) is 106 cm³/mol. The molecule has 1 N–H and O–H groups in total. The molecule has 4 bridgehead atoms. The molecule has 4 fully saturated rings. The number of carbonyl (C=O) groups is 1.